The molecule has 0 spiro atoms. The third-order valence-electron chi connectivity index (χ3n) is 1.96. The summed E-state index contributed by atoms with van der Waals surface area (Å²) in [7, 11) is 4.15. The highest BCUT2D eigenvalue weighted by atomic mass is 32.2. The Balaban J connectivity index is 2.40. The molecule has 0 amide bonds. The highest BCUT2D eigenvalue weighted by Crippen LogP contribution is 2.15. The fourth-order valence-electron chi connectivity index (χ4n) is 1.09. The van der Waals surface area contributed by atoms with E-state index in [2.05, 4.69) is 41.2 Å². The van der Waals surface area contributed by atoms with Gasteiger partial charge in [0.1, 0.15) is 10.8 Å². The van der Waals surface area contributed by atoms with E-state index in [-0.39, 0.29) is 0 Å². The smallest absolute Gasteiger partial charge is 0.145 e. The topological polar surface area (TPSA) is 41.1 Å². The van der Waals surface area contributed by atoms with Gasteiger partial charge < -0.3 is 10.2 Å². The Hall–Kier alpha value is -0.810. The molecule has 0 aliphatic carbocycles. The van der Waals surface area contributed by atoms with E-state index in [1.54, 1.807) is 18.0 Å². The van der Waals surface area contributed by atoms with Crippen LogP contribution in [0.3, 0.4) is 0 Å². The molecule has 0 saturated carbocycles. The monoisotopic (exact) mass is 240 g/mol. The first-order valence-electron chi connectivity index (χ1n) is 5.56. The second kappa shape index (κ2) is 7.46. The van der Waals surface area contributed by atoms with Crippen LogP contribution in [0.1, 0.15) is 13.3 Å². The van der Waals surface area contributed by atoms with Gasteiger partial charge in [0, 0.05) is 18.8 Å². The molecule has 1 aromatic heterocycles. The molecule has 0 aromatic carbocycles. The number of nitrogens with zero attached hydrogens (tertiary/aromatic N) is 3. The van der Waals surface area contributed by atoms with Gasteiger partial charge in [-0.15, -0.1) is 11.8 Å². The first kappa shape index (κ1) is 13.3. The molecule has 0 unspecified atom stereocenters. The number of hydrogen-bond donors (Lipinski definition) is 1. The summed E-state index contributed by atoms with van der Waals surface area (Å²) < 4.78 is 0. The maximum atomic E-state index is 4.48. The number of rotatable bonds is 7. The van der Waals surface area contributed by atoms with E-state index in [9.17, 15) is 0 Å². The van der Waals surface area contributed by atoms with Gasteiger partial charge in [-0.1, -0.05) is 6.92 Å². The van der Waals surface area contributed by atoms with Gasteiger partial charge in [-0.05, 0) is 20.5 Å². The van der Waals surface area contributed by atoms with Gasteiger partial charge in [-0.3, -0.25) is 4.98 Å². The highest BCUT2D eigenvalue weighted by Gasteiger charge is 1.99. The van der Waals surface area contributed by atoms with Crippen LogP contribution in [0.4, 0.5) is 5.82 Å². The van der Waals surface area contributed by atoms with Crippen molar-refractivity contribution in [2.45, 2.75) is 18.4 Å². The predicted molar refractivity (Wildman–Crippen MR) is 70.1 cm³/mol. The average molecular weight is 240 g/mol. The van der Waals surface area contributed by atoms with Crippen LogP contribution >= 0.6 is 11.8 Å². The number of thioether (sulfide) groups is 1. The van der Waals surface area contributed by atoms with Gasteiger partial charge in [0.15, 0.2) is 0 Å². The summed E-state index contributed by atoms with van der Waals surface area (Å²) in [5.41, 5.74) is 0. The van der Waals surface area contributed by atoms with E-state index >= 15 is 0 Å². The van der Waals surface area contributed by atoms with E-state index in [1.165, 1.54) is 0 Å². The Morgan fingerprint density at radius 1 is 1.38 bits per heavy atom. The molecule has 4 nitrogen and oxygen atoms in total. The lowest BCUT2D eigenvalue weighted by atomic mass is 10.5. The maximum absolute atomic E-state index is 4.48. The molecule has 1 aromatic rings. The lowest BCUT2D eigenvalue weighted by Crippen LogP contribution is -2.14. The Kier molecular flexibility index (Phi) is 6.18. The van der Waals surface area contributed by atoms with E-state index < -0.39 is 0 Å². The largest absolute Gasteiger partial charge is 0.369 e. The molecule has 0 fully saturated rings. The summed E-state index contributed by atoms with van der Waals surface area (Å²) in [4.78, 5) is 10.8. The molecule has 0 atom stereocenters. The van der Waals surface area contributed by atoms with Gasteiger partial charge in [0.25, 0.3) is 0 Å². The molecule has 0 aliphatic heterocycles. The molecule has 90 valence electrons. The van der Waals surface area contributed by atoms with Crippen LogP contribution in [-0.2, 0) is 0 Å². The second-order valence-corrected chi connectivity index (χ2v) is 4.94. The van der Waals surface area contributed by atoms with Crippen LogP contribution in [0.25, 0.3) is 0 Å². The molecule has 0 aliphatic rings. The molecule has 0 saturated heterocycles. The molecule has 5 heteroatoms. The summed E-state index contributed by atoms with van der Waals surface area (Å²) in [6.07, 6.45) is 4.68. The van der Waals surface area contributed by atoms with Crippen molar-refractivity contribution in [1.82, 2.24) is 14.9 Å². The summed E-state index contributed by atoms with van der Waals surface area (Å²) in [5.74, 6) is 1.91. The van der Waals surface area contributed by atoms with Crippen LogP contribution in [0.5, 0.6) is 0 Å². The van der Waals surface area contributed by atoms with Crippen LogP contribution in [0, 0.1) is 0 Å². The van der Waals surface area contributed by atoms with Crippen LogP contribution in [-0.4, -0.2) is 47.8 Å². The molecule has 1 rings (SSSR count). The van der Waals surface area contributed by atoms with Gasteiger partial charge in [-0.2, -0.15) is 0 Å². The minimum atomic E-state index is 0.872. The van der Waals surface area contributed by atoms with Crippen molar-refractivity contribution in [3.8, 4) is 0 Å². The predicted octanol–water partition coefficient (Wildman–Crippen LogP) is 1.95. The molecule has 16 heavy (non-hydrogen) atoms. The number of aromatic nitrogens is 2. The molecule has 1 heterocycles. The number of anilines is 1. The van der Waals surface area contributed by atoms with Crippen molar-refractivity contribution in [2.75, 3.05) is 38.3 Å². The summed E-state index contributed by atoms with van der Waals surface area (Å²) in [6, 6.07) is 0. The lowest BCUT2D eigenvalue weighted by Gasteiger charge is -2.09. The third-order valence-corrected chi connectivity index (χ3v) is 2.84. The van der Waals surface area contributed by atoms with Gasteiger partial charge in [-0.25, -0.2) is 4.98 Å². The molecular formula is C11H20N4S. The van der Waals surface area contributed by atoms with Crippen molar-refractivity contribution in [2.24, 2.45) is 0 Å². The zero-order valence-corrected chi connectivity index (χ0v) is 11.0. The first-order chi connectivity index (χ1) is 7.72. The fraction of sp³-hybridized carbons (Fsp3) is 0.636. The third kappa shape index (κ3) is 5.32. The van der Waals surface area contributed by atoms with Crippen molar-refractivity contribution < 1.29 is 0 Å². The standard InChI is InChI=1S/C11H20N4S/c1-4-5-13-10-8-12-9-11(14-10)16-7-6-15(2)3/h8-9H,4-7H2,1-3H3,(H,13,14). The first-order valence-corrected chi connectivity index (χ1v) is 6.54. The lowest BCUT2D eigenvalue weighted by molar-refractivity contribution is 0.437. The van der Waals surface area contributed by atoms with Crippen molar-refractivity contribution in [3.63, 3.8) is 0 Å². The van der Waals surface area contributed by atoms with Gasteiger partial charge in [0.05, 0.1) is 12.4 Å². The Morgan fingerprint density at radius 3 is 2.88 bits per heavy atom. The second-order valence-electron chi connectivity index (χ2n) is 3.82. The van der Waals surface area contributed by atoms with Gasteiger partial charge >= 0.3 is 0 Å². The number of nitrogens with one attached hydrogen (secondary N) is 1. The maximum Gasteiger partial charge on any atom is 0.145 e. The minimum Gasteiger partial charge on any atom is -0.369 e. The molecule has 0 bridgehead atoms. The average Bonchev–Trinajstić information content (AvgIpc) is 2.26. The minimum absolute atomic E-state index is 0.872. The summed E-state index contributed by atoms with van der Waals surface area (Å²) >= 11 is 1.74. The van der Waals surface area contributed by atoms with Crippen LogP contribution in [0.2, 0.25) is 0 Å². The fourth-order valence-corrected chi connectivity index (χ4v) is 2.05. The molecular weight excluding hydrogens is 220 g/mol. The molecule has 1 N–H and O–H groups in total. The Labute approximate surface area is 102 Å². The van der Waals surface area contributed by atoms with Crippen LogP contribution < -0.4 is 5.32 Å². The summed E-state index contributed by atoms with van der Waals surface area (Å²) in [5, 5.41) is 4.23. The quantitative estimate of drug-likeness (QED) is 0.738. The van der Waals surface area contributed by atoms with Crippen LogP contribution in [0.15, 0.2) is 17.4 Å². The number of hydrogen-bond acceptors (Lipinski definition) is 5. The molecule has 0 radical (unpaired) electrons. The SMILES string of the molecule is CCCNc1cncc(SCCN(C)C)n1. The van der Waals surface area contributed by atoms with Crippen molar-refractivity contribution >= 4 is 17.6 Å². The Bertz CT molecular complexity index is 304. The van der Waals surface area contributed by atoms with Gasteiger partial charge in [0.2, 0.25) is 0 Å². The van der Waals surface area contributed by atoms with Crippen molar-refractivity contribution in [3.05, 3.63) is 12.4 Å². The summed E-state index contributed by atoms with van der Waals surface area (Å²) in [6.45, 7) is 4.13. The van der Waals surface area contributed by atoms with E-state index in [0.29, 0.717) is 0 Å². The Morgan fingerprint density at radius 2 is 2.19 bits per heavy atom. The van der Waals surface area contributed by atoms with E-state index in [4.69, 9.17) is 0 Å². The van der Waals surface area contributed by atoms with Crippen molar-refractivity contribution in [1.29, 1.82) is 0 Å². The van der Waals surface area contributed by atoms with E-state index in [0.717, 1.165) is 36.1 Å². The zero-order chi connectivity index (χ0) is 11.8. The zero-order valence-electron chi connectivity index (χ0n) is 10.2. The van der Waals surface area contributed by atoms with E-state index in [1.807, 2.05) is 6.20 Å². The normalized spacial score (nSPS) is 10.8. The highest BCUT2D eigenvalue weighted by molar-refractivity contribution is 7.99.